The number of halogens is 3. The van der Waals surface area contributed by atoms with E-state index in [9.17, 15) is 23.1 Å². The maximum absolute atomic E-state index is 13.4. The molecule has 1 unspecified atom stereocenters. The maximum atomic E-state index is 13.4. The molecule has 1 atom stereocenters. The van der Waals surface area contributed by atoms with Crippen LogP contribution in [0.15, 0.2) is 36.7 Å². The van der Waals surface area contributed by atoms with Crippen molar-refractivity contribution in [2.75, 3.05) is 7.11 Å². The molecule has 0 radical (unpaired) electrons. The molecule has 0 saturated heterocycles. The number of aliphatic hydroxyl groups is 1. The second-order valence-corrected chi connectivity index (χ2v) is 5.02. The number of carbonyl (C=O) groups excluding carboxylic acids is 1. The monoisotopic (exact) mass is 328 g/mol. The van der Waals surface area contributed by atoms with E-state index in [0.29, 0.717) is 0 Å². The quantitative estimate of drug-likeness (QED) is 0.857. The van der Waals surface area contributed by atoms with Gasteiger partial charge in [0.25, 0.3) is 0 Å². The summed E-state index contributed by atoms with van der Waals surface area (Å²) in [5.41, 5.74) is -3.42. The topological polar surface area (TPSA) is 64.3 Å². The third-order valence-electron chi connectivity index (χ3n) is 3.48. The van der Waals surface area contributed by atoms with Gasteiger partial charge in [-0.05, 0) is 12.1 Å². The van der Waals surface area contributed by atoms with E-state index in [1.807, 2.05) is 0 Å². The van der Waals surface area contributed by atoms with Crippen molar-refractivity contribution in [3.63, 3.8) is 0 Å². The lowest BCUT2D eigenvalue weighted by Gasteiger charge is -2.29. The van der Waals surface area contributed by atoms with Crippen molar-refractivity contribution >= 4 is 5.78 Å². The highest BCUT2D eigenvalue weighted by Gasteiger charge is 2.58. The summed E-state index contributed by atoms with van der Waals surface area (Å²) in [5.74, 6) is -1.40. The van der Waals surface area contributed by atoms with Gasteiger partial charge in [0, 0.05) is 19.4 Å². The molecule has 0 aliphatic carbocycles. The van der Waals surface area contributed by atoms with Crippen LogP contribution in [-0.4, -0.2) is 33.7 Å². The number of aryl methyl sites for hydroxylation is 1. The van der Waals surface area contributed by atoms with Gasteiger partial charge in [0.2, 0.25) is 5.60 Å². The van der Waals surface area contributed by atoms with Gasteiger partial charge in [-0.1, -0.05) is 12.1 Å². The number of hydrogen-bond donors (Lipinski definition) is 1. The summed E-state index contributed by atoms with van der Waals surface area (Å²) in [6, 6.07) is 5.89. The van der Waals surface area contributed by atoms with Crippen LogP contribution in [0.3, 0.4) is 0 Å². The molecular formula is C15H15F3N2O3. The molecule has 0 bridgehead atoms. The van der Waals surface area contributed by atoms with Crippen molar-refractivity contribution in [1.29, 1.82) is 0 Å². The second kappa shape index (κ2) is 6.04. The van der Waals surface area contributed by atoms with E-state index in [-0.39, 0.29) is 11.3 Å². The second-order valence-electron chi connectivity index (χ2n) is 5.02. The fraction of sp³-hybridized carbons (Fsp3) is 0.333. The van der Waals surface area contributed by atoms with Crippen molar-refractivity contribution in [3.05, 3.63) is 48.0 Å². The van der Waals surface area contributed by atoms with Crippen LogP contribution in [0, 0.1) is 0 Å². The minimum atomic E-state index is -5.07. The van der Waals surface area contributed by atoms with Crippen molar-refractivity contribution in [2.45, 2.75) is 18.2 Å². The zero-order valence-corrected chi connectivity index (χ0v) is 12.5. The van der Waals surface area contributed by atoms with E-state index in [2.05, 4.69) is 4.98 Å². The Kier molecular flexibility index (Phi) is 4.46. The van der Waals surface area contributed by atoms with Crippen molar-refractivity contribution in [3.8, 4) is 5.75 Å². The van der Waals surface area contributed by atoms with Crippen LogP contribution in [0.1, 0.15) is 22.6 Å². The molecule has 0 aliphatic rings. The molecule has 1 N–H and O–H groups in total. The first-order chi connectivity index (χ1) is 10.7. The highest BCUT2D eigenvalue weighted by atomic mass is 19.4. The van der Waals surface area contributed by atoms with Crippen LogP contribution < -0.4 is 4.74 Å². The van der Waals surface area contributed by atoms with Crippen molar-refractivity contribution in [1.82, 2.24) is 9.55 Å². The molecular weight excluding hydrogens is 313 g/mol. The van der Waals surface area contributed by atoms with Crippen molar-refractivity contribution < 1.29 is 27.8 Å². The number of nitrogens with zero attached hydrogens (tertiary/aromatic N) is 2. The zero-order valence-electron chi connectivity index (χ0n) is 12.5. The normalized spacial score (nSPS) is 14.3. The number of para-hydroxylation sites is 1. The minimum Gasteiger partial charge on any atom is -0.496 e. The molecule has 2 aromatic rings. The maximum Gasteiger partial charge on any atom is 0.425 e. The van der Waals surface area contributed by atoms with Crippen molar-refractivity contribution in [2.24, 2.45) is 7.05 Å². The van der Waals surface area contributed by atoms with Crippen LogP contribution in [0.2, 0.25) is 0 Å². The fourth-order valence-electron chi connectivity index (χ4n) is 2.27. The van der Waals surface area contributed by atoms with E-state index in [0.717, 1.165) is 10.8 Å². The lowest BCUT2D eigenvalue weighted by atomic mass is 9.91. The van der Waals surface area contributed by atoms with Crippen LogP contribution >= 0.6 is 0 Å². The first-order valence-corrected chi connectivity index (χ1v) is 6.64. The summed E-state index contributed by atoms with van der Waals surface area (Å²) in [5, 5.41) is 10.2. The summed E-state index contributed by atoms with van der Waals surface area (Å²) < 4.78 is 46.3. The van der Waals surface area contributed by atoms with Crippen LogP contribution in [-0.2, 0) is 12.6 Å². The Balaban J connectivity index is 2.44. The summed E-state index contributed by atoms with van der Waals surface area (Å²) in [4.78, 5) is 15.9. The number of Topliss-reactive ketones (excluding diaryl/α,β-unsaturated/α-hetero) is 1. The number of rotatable bonds is 5. The number of aromatic nitrogens is 2. The summed E-state index contributed by atoms with van der Waals surface area (Å²) in [7, 11) is 2.62. The molecule has 8 heteroatoms. The Morgan fingerprint density at radius 2 is 2.00 bits per heavy atom. The number of carbonyl (C=O) groups is 1. The van der Waals surface area contributed by atoms with Gasteiger partial charge in [-0.2, -0.15) is 13.2 Å². The number of benzene rings is 1. The lowest BCUT2D eigenvalue weighted by molar-refractivity contribution is -0.268. The number of ether oxygens (including phenoxy) is 1. The number of alkyl halides is 3. The Morgan fingerprint density at radius 1 is 1.35 bits per heavy atom. The standard InChI is InChI=1S/C15H15F3N2O3/c1-20-8-7-19-13(20)14(22,15(16,17)18)9-11(21)10-5-3-4-6-12(10)23-2/h3-8,22H,9H2,1-2H3. The molecule has 0 saturated carbocycles. The lowest BCUT2D eigenvalue weighted by Crippen LogP contribution is -2.46. The van der Waals surface area contributed by atoms with Crippen LogP contribution in [0.25, 0.3) is 0 Å². The smallest absolute Gasteiger partial charge is 0.425 e. The zero-order chi connectivity index (χ0) is 17.3. The average molecular weight is 328 g/mol. The molecule has 0 amide bonds. The molecule has 1 heterocycles. The Hall–Kier alpha value is -2.35. The van der Waals surface area contributed by atoms with E-state index >= 15 is 0 Å². The molecule has 1 aromatic heterocycles. The largest absolute Gasteiger partial charge is 0.496 e. The average Bonchev–Trinajstić information content (AvgIpc) is 2.92. The van der Waals surface area contributed by atoms with Gasteiger partial charge < -0.3 is 14.4 Å². The van der Waals surface area contributed by atoms with Gasteiger partial charge in [-0.15, -0.1) is 0 Å². The first kappa shape index (κ1) is 17.0. The number of imidazole rings is 1. The summed E-state index contributed by atoms with van der Waals surface area (Å²) in [6.07, 6.45) is -3.87. The highest BCUT2D eigenvalue weighted by molar-refractivity contribution is 5.99. The molecule has 0 spiro atoms. The molecule has 5 nitrogen and oxygen atoms in total. The van der Waals surface area contributed by atoms with E-state index in [1.54, 1.807) is 6.07 Å². The molecule has 23 heavy (non-hydrogen) atoms. The number of hydrogen-bond acceptors (Lipinski definition) is 4. The highest BCUT2D eigenvalue weighted by Crippen LogP contribution is 2.41. The summed E-state index contributed by atoms with van der Waals surface area (Å²) >= 11 is 0. The third-order valence-corrected chi connectivity index (χ3v) is 3.48. The van der Waals surface area contributed by atoms with Gasteiger partial charge in [0.15, 0.2) is 11.6 Å². The van der Waals surface area contributed by atoms with Gasteiger partial charge in [-0.3, -0.25) is 4.79 Å². The van der Waals surface area contributed by atoms with Crippen LogP contribution in [0.5, 0.6) is 5.75 Å². The van der Waals surface area contributed by atoms with Crippen LogP contribution in [0.4, 0.5) is 13.2 Å². The molecule has 0 aliphatic heterocycles. The Morgan fingerprint density at radius 3 is 2.52 bits per heavy atom. The molecule has 2 rings (SSSR count). The van der Waals surface area contributed by atoms with Gasteiger partial charge in [-0.25, -0.2) is 4.98 Å². The number of ketones is 1. The predicted octanol–water partition coefficient (Wildman–Crippen LogP) is 2.45. The molecule has 1 aromatic carbocycles. The molecule has 124 valence electrons. The predicted molar refractivity (Wildman–Crippen MR) is 75.1 cm³/mol. The Labute approximate surface area is 130 Å². The minimum absolute atomic E-state index is 0.0353. The summed E-state index contributed by atoms with van der Waals surface area (Å²) in [6.45, 7) is 0. The third kappa shape index (κ3) is 3.07. The van der Waals surface area contributed by atoms with E-state index in [1.165, 1.54) is 38.6 Å². The van der Waals surface area contributed by atoms with E-state index in [4.69, 9.17) is 4.74 Å². The fourth-order valence-corrected chi connectivity index (χ4v) is 2.27. The Bertz CT molecular complexity index is 712. The SMILES string of the molecule is COc1ccccc1C(=O)CC(O)(c1nccn1C)C(F)(F)F. The van der Waals surface area contributed by atoms with E-state index < -0.39 is 29.8 Å². The van der Waals surface area contributed by atoms with Gasteiger partial charge in [0.05, 0.1) is 19.1 Å². The first-order valence-electron chi connectivity index (χ1n) is 6.64. The van der Waals surface area contributed by atoms with Gasteiger partial charge >= 0.3 is 6.18 Å². The molecule has 0 fully saturated rings. The van der Waals surface area contributed by atoms with Gasteiger partial charge in [0.1, 0.15) is 5.75 Å². The number of methoxy groups -OCH3 is 1.